The number of aryl methyl sites for hydroxylation is 1. The first kappa shape index (κ1) is 29.8. The molecular weight excluding hydrogens is 532 g/mol. The summed E-state index contributed by atoms with van der Waals surface area (Å²) >= 11 is 0. The SMILES string of the molecule is CCN(CC)C(C)(C)C(=O)Nc1ccc2c(c1)CCC21OC(=O)N(CC(=O)N(Cc2ccccc2)[C@@H](C)C2CC2)C1=O. The molecule has 5 rings (SSSR count). The van der Waals surface area contributed by atoms with Gasteiger partial charge in [-0.1, -0.05) is 50.2 Å². The van der Waals surface area contributed by atoms with Gasteiger partial charge in [0.25, 0.3) is 5.91 Å². The van der Waals surface area contributed by atoms with E-state index in [0.29, 0.717) is 36.6 Å². The van der Waals surface area contributed by atoms with Crippen molar-refractivity contribution in [3.8, 4) is 0 Å². The Balaban J connectivity index is 1.32. The van der Waals surface area contributed by atoms with Crippen molar-refractivity contribution >= 4 is 29.5 Å². The first-order valence-corrected chi connectivity index (χ1v) is 15.1. The molecule has 1 heterocycles. The quantitative estimate of drug-likeness (QED) is 0.418. The van der Waals surface area contributed by atoms with Gasteiger partial charge in [0.05, 0.1) is 5.54 Å². The lowest BCUT2D eigenvalue weighted by atomic mass is 9.94. The van der Waals surface area contributed by atoms with Crippen LogP contribution in [0.3, 0.4) is 0 Å². The van der Waals surface area contributed by atoms with Crippen molar-refractivity contribution in [3.63, 3.8) is 0 Å². The summed E-state index contributed by atoms with van der Waals surface area (Å²) in [6.45, 7) is 11.5. The molecule has 1 saturated carbocycles. The summed E-state index contributed by atoms with van der Waals surface area (Å²) in [5.74, 6) is -0.461. The Morgan fingerprint density at radius 1 is 1.10 bits per heavy atom. The number of amides is 4. The summed E-state index contributed by atoms with van der Waals surface area (Å²) in [4.78, 5) is 58.5. The minimum absolute atomic E-state index is 0.00735. The fourth-order valence-electron chi connectivity index (χ4n) is 6.47. The van der Waals surface area contributed by atoms with E-state index in [1.807, 2.05) is 71.0 Å². The number of imide groups is 1. The van der Waals surface area contributed by atoms with Crippen LogP contribution in [0, 0.1) is 5.92 Å². The largest absolute Gasteiger partial charge is 0.427 e. The third kappa shape index (κ3) is 5.42. The molecule has 4 amide bonds. The Morgan fingerprint density at radius 3 is 2.43 bits per heavy atom. The zero-order valence-corrected chi connectivity index (χ0v) is 25.3. The van der Waals surface area contributed by atoms with E-state index in [2.05, 4.69) is 10.2 Å². The van der Waals surface area contributed by atoms with Gasteiger partial charge in [-0.05, 0) is 82.3 Å². The van der Waals surface area contributed by atoms with E-state index in [0.717, 1.165) is 42.0 Å². The maximum Gasteiger partial charge on any atom is 0.418 e. The molecule has 0 radical (unpaired) electrons. The van der Waals surface area contributed by atoms with Gasteiger partial charge in [-0.15, -0.1) is 0 Å². The standard InChI is InChI=1S/C33H42N4O5/c1-6-35(7-2)32(4,5)29(39)34-26-15-16-27-25(19-26)17-18-33(27)30(40)37(31(41)42-33)21-28(38)36(22(3)24-13-14-24)20-23-11-9-8-10-12-23/h8-12,15-16,19,22,24H,6-7,13-14,17-18,20-21H2,1-5H3,(H,34,39)/t22-,33?/m0/s1. The zero-order valence-electron chi connectivity index (χ0n) is 25.3. The first-order valence-electron chi connectivity index (χ1n) is 15.1. The van der Waals surface area contributed by atoms with Crippen LogP contribution >= 0.6 is 0 Å². The average molecular weight is 575 g/mol. The van der Waals surface area contributed by atoms with Gasteiger partial charge in [0, 0.05) is 30.3 Å². The van der Waals surface area contributed by atoms with Crippen LogP contribution in [0.25, 0.3) is 0 Å². The number of nitrogens with one attached hydrogen (secondary N) is 1. The maximum atomic E-state index is 13.8. The highest BCUT2D eigenvalue weighted by Crippen LogP contribution is 2.46. The molecule has 1 unspecified atom stereocenters. The number of fused-ring (bicyclic) bond motifs is 2. The number of carbonyl (C=O) groups is 4. The van der Waals surface area contributed by atoms with Gasteiger partial charge < -0.3 is 15.0 Å². The lowest BCUT2D eigenvalue weighted by molar-refractivity contribution is -0.143. The molecule has 2 aliphatic carbocycles. The highest BCUT2D eigenvalue weighted by molar-refractivity contribution is 6.06. The third-order valence-corrected chi connectivity index (χ3v) is 9.33. The molecular formula is C33H42N4O5. The van der Waals surface area contributed by atoms with Gasteiger partial charge >= 0.3 is 6.09 Å². The van der Waals surface area contributed by atoms with E-state index < -0.39 is 23.1 Å². The maximum absolute atomic E-state index is 13.8. The summed E-state index contributed by atoms with van der Waals surface area (Å²) in [6, 6.07) is 15.1. The van der Waals surface area contributed by atoms with Crippen molar-refractivity contribution in [1.82, 2.24) is 14.7 Å². The Morgan fingerprint density at radius 2 is 1.79 bits per heavy atom. The second-order valence-electron chi connectivity index (χ2n) is 12.2. The molecule has 3 aliphatic rings. The van der Waals surface area contributed by atoms with Crippen LogP contribution in [0.1, 0.15) is 70.6 Å². The van der Waals surface area contributed by atoms with Crippen LogP contribution in [0.2, 0.25) is 0 Å². The Bertz CT molecular complexity index is 1370. The predicted octanol–water partition coefficient (Wildman–Crippen LogP) is 4.69. The second kappa shape index (κ2) is 11.5. The van der Waals surface area contributed by atoms with Crippen LogP contribution in [-0.2, 0) is 37.7 Å². The smallest absolute Gasteiger partial charge is 0.418 e. The number of rotatable bonds is 11. The molecule has 0 bridgehead atoms. The molecule has 42 heavy (non-hydrogen) atoms. The van der Waals surface area contributed by atoms with Crippen molar-refractivity contribution in [2.24, 2.45) is 5.92 Å². The molecule has 0 aromatic heterocycles. The van der Waals surface area contributed by atoms with Gasteiger partial charge in [-0.25, -0.2) is 9.69 Å². The number of carbonyl (C=O) groups excluding carboxylic acids is 4. The molecule has 224 valence electrons. The van der Waals surface area contributed by atoms with Gasteiger partial charge in [-0.3, -0.25) is 19.3 Å². The van der Waals surface area contributed by atoms with Crippen LogP contribution < -0.4 is 5.32 Å². The fraction of sp³-hybridized carbons (Fsp3) is 0.515. The number of anilines is 1. The second-order valence-corrected chi connectivity index (χ2v) is 12.2. The number of likely N-dealkylation sites (N-methyl/N-ethyl adjacent to an activating group) is 1. The Labute approximate surface area is 248 Å². The molecule has 9 heteroatoms. The van der Waals surface area contributed by atoms with Crippen LogP contribution in [-0.4, -0.2) is 69.7 Å². The number of nitrogens with zero attached hydrogens (tertiary/aromatic N) is 3. The van der Waals surface area contributed by atoms with Gasteiger partial charge in [0.15, 0.2) is 0 Å². The zero-order chi connectivity index (χ0) is 30.2. The summed E-state index contributed by atoms with van der Waals surface area (Å²) in [6.07, 6.45) is 2.15. The highest BCUT2D eigenvalue weighted by atomic mass is 16.6. The van der Waals surface area contributed by atoms with Crippen molar-refractivity contribution in [2.45, 2.75) is 84.0 Å². The fourth-order valence-corrected chi connectivity index (χ4v) is 6.47. The Kier molecular flexibility index (Phi) is 8.16. The summed E-state index contributed by atoms with van der Waals surface area (Å²) < 4.78 is 5.79. The van der Waals surface area contributed by atoms with E-state index >= 15 is 0 Å². The highest BCUT2D eigenvalue weighted by Gasteiger charge is 2.58. The van der Waals surface area contributed by atoms with E-state index in [9.17, 15) is 19.2 Å². The monoisotopic (exact) mass is 574 g/mol. The van der Waals surface area contributed by atoms with Gasteiger partial charge in [-0.2, -0.15) is 0 Å². The molecule has 1 spiro atoms. The summed E-state index contributed by atoms with van der Waals surface area (Å²) in [7, 11) is 0. The number of ether oxygens (including phenoxy) is 1. The first-order chi connectivity index (χ1) is 20.0. The number of benzene rings is 2. The van der Waals surface area contributed by atoms with Crippen LogP contribution in [0.4, 0.5) is 10.5 Å². The predicted molar refractivity (Wildman–Crippen MR) is 159 cm³/mol. The minimum Gasteiger partial charge on any atom is -0.427 e. The molecule has 2 atom stereocenters. The van der Waals surface area contributed by atoms with Gasteiger partial charge in [0.2, 0.25) is 17.4 Å². The molecule has 1 N–H and O–H groups in total. The van der Waals surface area contributed by atoms with Crippen molar-refractivity contribution in [3.05, 3.63) is 65.2 Å². The Hall–Kier alpha value is -3.72. The van der Waals surface area contributed by atoms with Crippen LogP contribution in [0.15, 0.2) is 48.5 Å². The average Bonchev–Trinajstić information content (AvgIpc) is 3.73. The van der Waals surface area contributed by atoms with E-state index in [-0.39, 0.29) is 24.4 Å². The molecule has 2 fully saturated rings. The lowest BCUT2D eigenvalue weighted by Crippen LogP contribution is -2.52. The normalized spacial score (nSPS) is 20.6. The molecule has 2 aromatic carbocycles. The van der Waals surface area contributed by atoms with E-state index in [4.69, 9.17) is 4.74 Å². The topological polar surface area (TPSA) is 99.3 Å². The summed E-state index contributed by atoms with van der Waals surface area (Å²) in [5.41, 5.74) is 0.949. The van der Waals surface area contributed by atoms with E-state index in [1.165, 1.54) is 0 Å². The molecule has 2 aromatic rings. The third-order valence-electron chi connectivity index (χ3n) is 9.33. The van der Waals surface area contributed by atoms with Gasteiger partial charge in [0.1, 0.15) is 6.54 Å². The van der Waals surface area contributed by atoms with Crippen LogP contribution in [0.5, 0.6) is 0 Å². The van der Waals surface area contributed by atoms with E-state index in [1.54, 1.807) is 17.0 Å². The van der Waals surface area contributed by atoms with Crippen molar-refractivity contribution < 1.29 is 23.9 Å². The van der Waals surface area contributed by atoms with Crippen molar-refractivity contribution in [1.29, 1.82) is 0 Å². The number of hydrogen-bond donors (Lipinski definition) is 1. The molecule has 9 nitrogen and oxygen atoms in total. The summed E-state index contributed by atoms with van der Waals surface area (Å²) in [5, 5.41) is 3.02. The van der Waals surface area contributed by atoms with Crippen molar-refractivity contribution in [2.75, 3.05) is 25.0 Å². The molecule has 1 aliphatic heterocycles. The number of hydrogen-bond acceptors (Lipinski definition) is 6. The lowest BCUT2D eigenvalue weighted by Gasteiger charge is -2.35. The molecule has 1 saturated heterocycles. The minimum atomic E-state index is -1.44.